The zero-order valence-corrected chi connectivity index (χ0v) is 13.2. The molecule has 1 aliphatic carbocycles. The van der Waals surface area contributed by atoms with Gasteiger partial charge in [0.05, 0.1) is 0 Å². The molecule has 1 aliphatic heterocycles. The van der Waals surface area contributed by atoms with Gasteiger partial charge in [0.15, 0.2) is 0 Å². The number of hydrogen-bond acceptors (Lipinski definition) is 2. The lowest BCUT2D eigenvalue weighted by Crippen LogP contribution is -2.35. The van der Waals surface area contributed by atoms with Crippen molar-refractivity contribution in [3.63, 3.8) is 0 Å². The van der Waals surface area contributed by atoms with Crippen LogP contribution in [0, 0.1) is 17.8 Å². The Hall–Kier alpha value is -0.0800. The first kappa shape index (κ1) is 15.3. The minimum Gasteiger partial charge on any atom is -0.316 e. The molecular weight excluding hydrogens is 232 g/mol. The normalized spacial score (nSPS) is 27.6. The molecular formula is C17H34N2. The van der Waals surface area contributed by atoms with Gasteiger partial charge >= 0.3 is 0 Å². The highest BCUT2D eigenvalue weighted by molar-refractivity contribution is 4.75. The number of nitrogens with one attached hydrogen (secondary N) is 1. The van der Waals surface area contributed by atoms with E-state index in [9.17, 15) is 0 Å². The quantitative estimate of drug-likeness (QED) is 0.791. The highest BCUT2D eigenvalue weighted by Crippen LogP contribution is 2.25. The number of hydrogen-bond donors (Lipinski definition) is 1. The molecule has 1 saturated carbocycles. The lowest BCUT2D eigenvalue weighted by atomic mass is 9.85. The molecule has 0 aromatic carbocycles. The molecule has 0 radical (unpaired) electrons. The topological polar surface area (TPSA) is 15.3 Å². The molecule has 0 spiro atoms. The summed E-state index contributed by atoms with van der Waals surface area (Å²) in [5.41, 5.74) is 0. The Kier molecular flexibility index (Phi) is 6.66. The maximum absolute atomic E-state index is 3.56. The molecule has 2 unspecified atom stereocenters. The van der Waals surface area contributed by atoms with Crippen molar-refractivity contribution < 1.29 is 0 Å². The molecule has 2 atom stereocenters. The summed E-state index contributed by atoms with van der Waals surface area (Å²) in [7, 11) is 2.33. The minimum atomic E-state index is 0.890. The number of rotatable bonds is 6. The van der Waals surface area contributed by atoms with Crippen LogP contribution in [-0.2, 0) is 0 Å². The van der Waals surface area contributed by atoms with Crippen molar-refractivity contribution in [3.05, 3.63) is 0 Å². The van der Waals surface area contributed by atoms with Crippen molar-refractivity contribution in [2.75, 3.05) is 33.2 Å². The van der Waals surface area contributed by atoms with Crippen molar-refractivity contribution in [3.8, 4) is 0 Å². The summed E-state index contributed by atoms with van der Waals surface area (Å²) >= 11 is 0. The molecule has 0 aromatic heterocycles. The Balaban J connectivity index is 1.60. The smallest absolute Gasteiger partial charge is 0.000661 e. The van der Waals surface area contributed by atoms with Gasteiger partial charge in [0.25, 0.3) is 0 Å². The van der Waals surface area contributed by atoms with Crippen molar-refractivity contribution in [2.45, 2.75) is 58.3 Å². The summed E-state index contributed by atoms with van der Waals surface area (Å²) in [6.07, 6.45) is 11.6. The number of piperidine rings is 1. The third kappa shape index (κ3) is 5.43. The van der Waals surface area contributed by atoms with Crippen molar-refractivity contribution in [2.24, 2.45) is 17.8 Å². The minimum absolute atomic E-state index is 0.890. The Bertz CT molecular complexity index is 229. The van der Waals surface area contributed by atoms with Gasteiger partial charge in [-0.15, -0.1) is 0 Å². The average Bonchev–Trinajstić information content (AvgIpc) is 2.47. The van der Waals surface area contributed by atoms with Crippen LogP contribution in [0.1, 0.15) is 58.3 Å². The second-order valence-corrected chi connectivity index (χ2v) is 7.14. The average molecular weight is 266 g/mol. The Morgan fingerprint density at radius 3 is 2.58 bits per heavy atom. The van der Waals surface area contributed by atoms with E-state index in [0.717, 1.165) is 17.8 Å². The van der Waals surface area contributed by atoms with Gasteiger partial charge in [0, 0.05) is 6.54 Å². The maximum atomic E-state index is 3.56. The van der Waals surface area contributed by atoms with E-state index in [1.165, 1.54) is 77.5 Å². The Labute approximate surface area is 120 Å². The van der Waals surface area contributed by atoms with E-state index < -0.39 is 0 Å². The van der Waals surface area contributed by atoms with Crippen molar-refractivity contribution >= 4 is 0 Å². The molecule has 1 saturated heterocycles. The summed E-state index contributed by atoms with van der Waals surface area (Å²) in [6.45, 7) is 7.61. The van der Waals surface area contributed by atoms with E-state index in [0.29, 0.717) is 0 Å². The molecule has 2 aliphatic rings. The Morgan fingerprint density at radius 1 is 1.11 bits per heavy atom. The first-order valence-corrected chi connectivity index (χ1v) is 8.65. The van der Waals surface area contributed by atoms with E-state index in [2.05, 4.69) is 24.2 Å². The molecule has 1 heterocycles. The van der Waals surface area contributed by atoms with Crippen LogP contribution in [0.3, 0.4) is 0 Å². The van der Waals surface area contributed by atoms with E-state index in [1.54, 1.807) is 0 Å². The van der Waals surface area contributed by atoms with E-state index in [-0.39, 0.29) is 0 Å². The molecule has 19 heavy (non-hydrogen) atoms. The lowest BCUT2D eigenvalue weighted by molar-refractivity contribution is 0.200. The zero-order chi connectivity index (χ0) is 13.5. The molecule has 0 aromatic rings. The summed E-state index contributed by atoms with van der Waals surface area (Å²) in [5.74, 6) is 2.81. The van der Waals surface area contributed by atoms with Gasteiger partial charge in [-0.3, -0.25) is 0 Å². The van der Waals surface area contributed by atoms with Crippen molar-refractivity contribution in [1.29, 1.82) is 0 Å². The van der Waals surface area contributed by atoms with Crippen LogP contribution >= 0.6 is 0 Å². The second kappa shape index (κ2) is 8.26. The predicted molar refractivity (Wildman–Crippen MR) is 83.4 cm³/mol. The molecule has 0 bridgehead atoms. The lowest BCUT2D eigenvalue weighted by Gasteiger charge is -2.31. The predicted octanol–water partition coefficient (Wildman–Crippen LogP) is 3.52. The fourth-order valence-electron chi connectivity index (χ4n) is 3.93. The molecule has 0 amide bonds. The highest BCUT2D eigenvalue weighted by Gasteiger charge is 2.20. The van der Waals surface area contributed by atoms with E-state index in [1.807, 2.05) is 0 Å². The molecule has 2 nitrogen and oxygen atoms in total. The highest BCUT2D eigenvalue weighted by atomic mass is 15.1. The first-order valence-electron chi connectivity index (χ1n) is 8.65. The van der Waals surface area contributed by atoms with Gasteiger partial charge in [-0.2, -0.15) is 0 Å². The zero-order valence-electron chi connectivity index (χ0n) is 13.2. The van der Waals surface area contributed by atoms with E-state index >= 15 is 0 Å². The second-order valence-electron chi connectivity index (χ2n) is 7.14. The molecule has 2 fully saturated rings. The van der Waals surface area contributed by atoms with Gasteiger partial charge in [-0.1, -0.05) is 26.2 Å². The summed E-state index contributed by atoms with van der Waals surface area (Å²) < 4.78 is 0. The summed E-state index contributed by atoms with van der Waals surface area (Å²) in [4.78, 5) is 2.60. The van der Waals surface area contributed by atoms with Crippen molar-refractivity contribution in [1.82, 2.24) is 10.2 Å². The fourth-order valence-corrected chi connectivity index (χ4v) is 3.93. The van der Waals surface area contributed by atoms with Crippen LogP contribution in [0.15, 0.2) is 0 Å². The van der Waals surface area contributed by atoms with Crippen LogP contribution in [0.25, 0.3) is 0 Å². The third-order valence-corrected chi connectivity index (χ3v) is 5.40. The molecule has 2 rings (SSSR count). The monoisotopic (exact) mass is 266 g/mol. The molecule has 1 N–H and O–H groups in total. The molecule has 112 valence electrons. The van der Waals surface area contributed by atoms with Gasteiger partial charge in [-0.25, -0.2) is 0 Å². The van der Waals surface area contributed by atoms with Crippen LogP contribution in [0.4, 0.5) is 0 Å². The third-order valence-electron chi connectivity index (χ3n) is 5.40. The van der Waals surface area contributed by atoms with Crippen LogP contribution < -0.4 is 5.32 Å². The Morgan fingerprint density at radius 2 is 1.89 bits per heavy atom. The standard InChI is InChI=1S/C17H34N2/c1-15(17-9-6-11-18-13-17)10-12-19(2)14-16-7-4-3-5-8-16/h15-18H,3-14H2,1-2H3. The maximum Gasteiger partial charge on any atom is 0.000661 e. The van der Waals surface area contributed by atoms with Gasteiger partial charge in [0.2, 0.25) is 0 Å². The first-order chi connectivity index (χ1) is 9.25. The van der Waals surface area contributed by atoms with Crippen LogP contribution in [0.2, 0.25) is 0 Å². The van der Waals surface area contributed by atoms with Gasteiger partial charge in [-0.05, 0) is 76.5 Å². The van der Waals surface area contributed by atoms with Gasteiger partial charge in [0.1, 0.15) is 0 Å². The summed E-state index contributed by atoms with van der Waals surface area (Å²) in [5, 5.41) is 3.56. The van der Waals surface area contributed by atoms with Crippen LogP contribution in [0.5, 0.6) is 0 Å². The van der Waals surface area contributed by atoms with Crippen LogP contribution in [-0.4, -0.2) is 38.1 Å². The van der Waals surface area contributed by atoms with E-state index in [4.69, 9.17) is 0 Å². The molecule has 2 heteroatoms. The number of nitrogens with zero attached hydrogens (tertiary/aromatic N) is 1. The SMILES string of the molecule is CC(CCN(C)CC1CCCCC1)C1CCCNC1. The van der Waals surface area contributed by atoms with Gasteiger partial charge < -0.3 is 10.2 Å². The summed E-state index contributed by atoms with van der Waals surface area (Å²) in [6, 6.07) is 0. The fraction of sp³-hybridized carbons (Fsp3) is 1.00. The largest absolute Gasteiger partial charge is 0.316 e.